The summed E-state index contributed by atoms with van der Waals surface area (Å²) in [5.74, 6) is 0.975. The van der Waals surface area contributed by atoms with Crippen molar-refractivity contribution >= 4 is 34.8 Å². The molecule has 0 aromatic rings. The van der Waals surface area contributed by atoms with E-state index in [4.69, 9.17) is 12.2 Å². The van der Waals surface area contributed by atoms with Crippen molar-refractivity contribution in [2.24, 2.45) is 4.99 Å². The van der Waals surface area contributed by atoms with Crippen molar-refractivity contribution < 1.29 is 0 Å². The monoisotopic (exact) mass is 156 g/mol. The highest BCUT2D eigenvalue weighted by Gasteiger charge is 2.20. The number of thiocarbonyl (C=S) groups is 1. The quantitative estimate of drug-likeness (QED) is 0.527. The van der Waals surface area contributed by atoms with Crippen molar-refractivity contribution in [2.45, 2.75) is 0 Å². The van der Waals surface area contributed by atoms with Crippen molar-refractivity contribution in [3.63, 3.8) is 0 Å². The summed E-state index contributed by atoms with van der Waals surface area (Å²) in [6, 6.07) is 0. The SMILES string of the molecule is S=C1N=C2CSC=C2N1. The van der Waals surface area contributed by atoms with Crippen LogP contribution in [0.1, 0.15) is 0 Å². The first-order chi connectivity index (χ1) is 4.36. The van der Waals surface area contributed by atoms with Gasteiger partial charge < -0.3 is 5.32 Å². The highest BCUT2D eigenvalue weighted by molar-refractivity contribution is 8.03. The van der Waals surface area contributed by atoms with Crippen molar-refractivity contribution in [3.05, 3.63) is 11.1 Å². The summed E-state index contributed by atoms with van der Waals surface area (Å²) in [6.45, 7) is 0. The largest absolute Gasteiger partial charge is 0.329 e. The van der Waals surface area contributed by atoms with Gasteiger partial charge in [0.25, 0.3) is 0 Å². The molecule has 2 aliphatic rings. The van der Waals surface area contributed by atoms with Crippen LogP contribution in [0.25, 0.3) is 0 Å². The molecule has 0 aromatic carbocycles. The summed E-state index contributed by atoms with van der Waals surface area (Å²) in [6.07, 6.45) is 0. The summed E-state index contributed by atoms with van der Waals surface area (Å²) in [5, 5.41) is 5.65. The van der Waals surface area contributed by atoms with Gasteiger partial charge in [-0.2, -0.15) is 0 Å². The van der Waals surface area contributed by atoms with Gasteiger partial charge in [0.1, 0.15) is 0 Å². The van der Waals surface area contributed by atoms with Gasteiger partial charge in [0, 0.05) is 5.75 Å². The zero-order valence-electron chi connectivity index (χ0n) is 4.55. The molecule has 46 valence electrons. The lowest BCUT2D eigenvalue weighted by Gasteiger charge is -1.89. The molecule has 0 radical (unpaired) electrons. The normalized spacial score (nSPS) is 22.9. The lowest BCUT2D eigenvalue weighted by atomic mass is 10.3. The maximum Gasteiger partial charge on any atom is 0.197 e. The minimum atomic E-state index is 0.608. The van der Waals surface area contributed by atoms with E-state index in [1.165, 1.54) is 0 Å². The third-order valence-corrected chi connectivity index (χ3v) is 2.25. The Balaban J connectivity index is 2.41. The lowest BCUT2D eigenvalue weighted by molar-refractivity contribution is 1.28. The zero-order valence-corrected chi connectivity index (χ0v) is 6.18. The van der Waals surface area contributed by atoms with E-state index >= 15 is 0 Å². The summed E-state index contributed by atoms with van der Waals surface area (Å²) in [5.41, 5.74) is 2.20. The fraction of sp³-hybridized carbons (Fsp3) is 0.200. The Kier molecular flexibility index (Phi) is 1.10. The van der Waals surface area contributed by atoms with Crippen LogP contribution in [0.3, 0.4) is 0 Å². The third kappa shape index (κ3) is 0.784. The fourth-order valence-electron chi connectivity index (χ4n) is 0.810. The Morgan fingerprint density at radius 1 is 1.78 bits per heavy atom. The van der Waals surface area contributed by atoms with Gasteiger partial charge in [0.05, 0.1) is 11.4 Å². The first-order valence-electron chi connectivity index (χ1n) is 2.57. The van der Waals surface area contributed by atoms with Crippen LogP contribution in [0.4, 0.5) is 0 Å². The summed E-state index contributed by atoms with van der Waals surface area (Å²) in [4.78, 5) is 4.10. The molecule has 0 aromatic heterocycles. The van der Waals surface area contributed by atoms with E-state index in [0.29, 0.717) is 5.11 Å². The summed E-state index contributed by atoms with van der Waals surface area (Å²) in [7, 11) is 0. The molecule has 9 heavy (non-hydrogen) atoms. The van der Waals surface area contributed by atoms with Gasteiger partial charge >= 0.3 is 0 Å². The molecule has 2 aliphatic heterocycles. The molecule has 4 heteroatoms. The number of allylic oxidation sites excluding steroid dienone is 1. The summed E-state index contributed by atoms with van der Waals surface area (Å²) < 4.78 is 0. The van der Waals surface area contributed by atoms with Gasteiger partial charge in [0.15, 0.2) is 5.11 Å². The van der Waals surface area contributed by atoms with E-state index < -0.39 is 0 Å². The molecule has 2 rings (SSSR count). The van der Waals surface area contributed by atoms with Crippen molar-refractivity contribution in [2.75, 3.05) is 5.75 Å². The highest BCUT2D eigenvalue weighted by atomic mass is 32.2. The van der Waals surface area contributed by atoms with E-state index in [0.717, 1.165) is 17.2 Å². The second kappa shape index (κ2) is 1.82. The van der Waals surface area contributed by atoms with Gasteiger partial charge in [-0.05, 0) is 17.6 Å². The standard InChI is InChI=1S/C5H4N2S2/c8-5-6-3-1-9-2-4(3)7-5/h1H,2H2,(H,6,8). The van der Waals surface area contributed by atoms with Crippen LogP contribution >= 0.6 is 24.0 Å². The molecule has 0 amide bonds. The first-order valence-corrected chi connectivity index (χ1v) is 4.02. The Morgan fingerprint density at radius 3 is 3.44 bits per heavy atom. The molecule has 2 heterocycles. The average molecular weight is 156 g/mol. The number of nitrogens with one attached hydrogen (secondary N) is 1. The predicted octanol–water partition coefficient (Wildman–Crippen LogP) is 0.904. The van der Waals surface area contributed by atoms with Crippen LogP contribution in [0.5, 0.6) is 0 Å². The first kappa shape index (κ1) is 5.44. The topological polar surface area (TPSA) is 24.4 Å². The zero-order chi connectivity index (χ0) is 6.27. The van der Waals surface area contributed by atoms with Crippen LogP contribution in [0.15, 0.2) is 16.1 Å². The number of fused-ring (bicyclic) bond motifs is 1. The molecule has 0 aliphatic carbocycles. The van der Waals surface area contributed by atoms with Gasteiger partial charge in [-0.25, -0.2) is 4.99 Å². The number of hydrogen-bond acceptors (Lipinski definition) is 2. The second-order valence-corrected chi connectivity index (χ2v) is 3.08. The van der Waals surface area contributed by atoms with E-state index in [1.807, 2.05) is 0 Å². The van der Waals surface area contributed by atoms with E-state index in [-0.39, 0.29) is 0 Å². The van der Waals surface area contributed by atoms with Crippen LogP contribution in [0, 0.1) is 0 Å². The number of nitrogens with zero attached hydrogens (tertiary/aromatic N) is 1. The van der Waals surface area contributed by atoms with Gasteiger partial charge in [0.2, 0.25) is 0 Å². The van der Waals surface area contributed by atoms with Gasteiger partial charge in [-0.3, -0.25) is 0 Å². The summed E-state index contributed by atoms with van der Waals surface area (Å²) >= 11 is 6.58. The molecule has 0 fully saturated rings. The van der Waals surface area contributed by atoms with E-state index in [1.54, 1.807) is 11.8 Å². The molecule has 0 atom stereocenters. The smallest absolute Gasteiger partial charge is 0.197 e. The molecule has 0 bridgehead atoms. The molecule has 0 unspecified atom stereocenters. The molecular weight excluding hydrogens is 152 g/mol. The molecular formula is C5H4N2S2. The van der Waals surface area contributed by atoms with Crippen LogP contribution < -0.4 is 5.32 Å². The fourth-order valence-corrected chi connectivity index (χ4v) is 1.85. The number of thioether (sulfide) groups is 1. The minimum absolute atomic E-state index is 0.608. The average Bonchev–Trinajstić information content (AvgIpc) is 2.22. The molecule has 2 nitrogen and oxygen atoms in total. The van der Waals surface area contributed by atoms with Gasteiger partial charge in [-0.15, -0.1) is 11.8 Å². The Hall–Kier alpha value is -0.350. The van der Waals surface area contributed by atoms with Crippen LogP contribution in [0.2, 0.25) is 0 Å². The van der Waals surface area contributed by atoms with Crippen LogP contribution in [-0.2, 0) is 0 Å². The number of rotatable bonds is 0. The van der Waals surface area contributed by atoms with Crippen molar-refractivity contribution in [3.8, 4) is 0 Å². The van der Waals surface area contributed by atoms with Crippen molar-refractivity contribution in [1.29, 1.82) is 0 Å². The molecule has 1 N–H and O–H groups in total. The molecule has 0 saturated carbocycles. The molecule has 0 spiro atoms. The number of aliphatic imine (C=N–C) groups is 1. The number of hydrogen-bond donors (Lipinski definition) is 1. The minimum Gasteiger partial charge on any atom is -0.329 e. The van der Waals surface area contributed by atoms with Crippen molar-refractivity contribution in [1.82, 2.24) is 5.32 Å². The second-order valence-electron chi connectivity index (χ2n) is 1.83. The maximum atomic E-state index is 4.82. The lowest BCUT2D eigenvalue weighted by Crippen LogP contribution is -2.12. The van der Waals surface area contributed by atoms with Gasteiger partial charge in [-0.1, -0.05) is 0 Å². The van der Waals surface area contributed by atoms with Crippen LogP contribution in [-0.4, -0.2) is 16.6 Å². The predicted molar refractivity (Wildman–Crippen MR) is 43.7 cm³/mol. The Morgan fingerprint density at radius 2 is 2.67 bits per heavy atom. The Bertz CT molecular complexity index is 229. The maximum absolute atomic E-state index is 4.82. The Labute approximate surface area is 62.4 Å². The highest BCUT2D eigenvalue weighted by Crippen LogP contribution is 2.21. The third-order valence-electron chi connectivity index (χ3n) is 1.21. The van der Waals surface area contributed by atoms with E-state index in [2.05, 4.69) is 15.7 Å². The van der Waals surface area contributed by atoms with E-state index in [9.17, 15) is 0 Å². The molecule has 0 saturated heterocycles.